The number of halogens is 1. The van der Waals surface area contributed by atoms with E-state index in [0.29, 0.717) is 11.2 Å². The van der Waals surface area contributed by atoms with Crippen LogP contribution in [0.4, 0.5) is 4.39 Å². The lowest BCUT2D eigenvalue weighted by Gasteiger charge is -2.13. The van der Waals surface area contributed by atoms with Crippen LogP contribution in [0, 0.1) is 0 Å². The monoisotopic (exact) mass is 218 g/mol. The number of ketones is 1. The van der Waals surface area contributed by atoms with Crippen molar-refractivity contribution < 1.29 is 9.18 Å². The van der Waals surface area contributed by atoms with E-state index < -0.39 is 12.0 Å². The molecule has 2 aromatic rings. The van der Waals surface area contributed by atoms with Crippen molar-refractivity contribution in [2.24, 2.45) is 0 Å². The van der Waals surface area contributed by atoms with E-state index in [0.717, 1.165) is 0 Å². The predicted molar refractivity (Wildman–Crippen MR) is 56.3 cm³/mol. The molecule has 1 aliphatic rings. The summed E-state index contributed by atoms with van der Waals surface area (Å²) in [6, 6.07) is 3.34. The summed E-state index contributed by atoms with van der Waals surface area (Å²) < 4.78 is 14.7. The lowest BCUT2D eigenvalue weighted by Crippen LogP contribution is -2.26. The Labute approximate surface area is 89.0 Å². The molecule has 80 valence electrons. The highest BCUT2D eigenvalue weighted by molar-refractivity contribution is 6.04. The van der Waals surface area contributed by atoms with Gasteiger partial charge in [0.05, 0.1) is 5.69 Å². The van der Waals surface area contributed by atoms with Gasteiger partial charge in [-0.2, -0.15) is 0 Å². The van der Waals surface area contributed by atoms with Gasteiger partial charge in [0, 0.05) is 6.20 Å². The van der Waals surface area contributed by atoms with Crippen molar-refractivity contribution in [1.29, 1.82) is 0 Å². The molecule has 4 nitrogen and oxygen atoms in total. The van der Waals surface area contributed by atoms with Gasteiger partial charge in [0.1, 0.15) is 11.2 Å². The van der Waals surface area contributed by atoms with Crippen molar-refractivity contribution in [3.63, 3.8) is 0 Å². The Morgan fingerprint density at radius 2 is 2.19 bits per heavy atom. The highest BCUT2D eigenvalue weighted by Crippen LogP contribution is 2.19. The number of allylic oxidation sites excluding steroid dienone is 1. The zero-order valence-electron chi connectivity index (χ0n) is 8.11. The van der Waals surface area contributed by atoms with Gasteiger partial charge in [0.2, 0.25) is 5.78 Å². The van der Waals surface area contributed by atoms with Crippen molar-refractivity contribution in [1.82, 2.24) is 9.38 Å². The van der Waals surface area contributed by atoms with E-state index in [1.54, 1.807) is 22.7 Å². The second-order valence-electron chi connectivity index (χ2n) is 3.60. The van der Waals surface area contributed by atoms with Crippen molar-refractivity contribution in [3.05, 3.63) is 46.1 Å². The second kappa shape index (κ2) is 2.91. The molecule has 0 bridgehead atoms. The molecule has 1 unspecified atom stereocenters. The van der Waals surface area contributed by atoms with Crippen LogP contribution >= 0.6 is 0 Å². The van der Waals surface area contributed by atoms with E-state index in [2.05, 4.69) is 4.98 Å². The molecule has 3 rings (SSSR count). The van der Waals surface area contributed by atoms with Gasteiger partial charge in [-0.25, -0.2) is 4.39 Å². The first kappa shape index (κ1) is 9.08. The molecule has 2 heterocycles. The van der Waals surface area contributed by atoms with Gasteiger partial charge in [-0.05, 0) is 24.3 Å². The van der Waals surface area contributed by atoms with E-state index in [1.165, 1.54) is 12.2 Å². The summed E-state index contributed by atoms with van der Waals surface area (Å²) in [5.74, 6) is -0.704. The van der Waals surface area contributed by atoms with E-state index in [4.69, 9.17) is 0 Å². The number of alkyl halides is 1. The van der Waals surface area contributed by atoms with Crippen LogP contribution in [0.2, 0.25) is 0 Å². The van der Waals surface area contributed by atoms with E-state index in [1.807, 2.05) is 0 Å². The number of fused-ring (bicyclic) bond motifs is 3. The predicted octanol–water partition coefficient (Wildman–Crippen LogP) is 1.18. The van der Waals surface area contributed by atoms with Gasteiger partial charge in [-0.1, -0.05) is 0 Å². The molecule has 0 saturated heterocycles. The molecule has 2 aromatic heterocycles. The maximum atomic E-state index is 13.1. The molecule has 0 saturated carbocycles. The molecule has 0 spiro atoms. The Kier molecular flexibility index (Phi) is 1.65. The molecular formula is C11H7FN2O2. The van der Waals surface area contributed by atoms with E-state index in [9.17, 15) is 14.0 Å². The van der Waals surface area contributed by atoms with Gasteiger partial charge in [-0.3, -0.25) is 9.59 Å². The Hall–Kier alpha value is -2.17. The molecule has 0 aliphatic heterocycles. The van der Waals surface area contributed by atoms with Crippen molar-refractivity contribution in [2.45, 2.75) is 6.17 Å². The number of nitrogens with one attached hydrogen (secondary N) is 1. The molecule has 1 atom stereocenters. The Balaban J connectivity index is 2.48. The summed E-state index contributed by atoms with van der Waals surface area (Å²) in [6.45, 7) is 0. The highest BCUT2D eigenvalue weighted by atomic mass is 19.1. The zero-order chi connectivity index (χ0) is 11.3. The number of aromatic nitrogens is 2. The van der Waals surface area contributed by atoms with Crippen molar-refractivity contribution in [2.75, 3.05) is 0 Å². The van der Waals surface area contributed by atoms with E-state index >= 15 is 0 Å². The van der Waals surface area contributed by atoms with Crippen LogP contribution in [0.3, 0.4) is 0 Å². The summed E-state index contributed by atoms with van der Waals surface area (Å²) in [5.41, 5.74) is 0.593. The highest BCUT2D eigenvalue weighted by Gasteiger charge is 2.25. The molecule has 0 fully saturated rings. The first-order valence-electron chi connectivity index (χ1n) is 4.78. The summed E-state index contributed by atoms with van der Waals surface area (Å²) in [4.78, 5) is 25.5. The summed E-state index contributed by atoms with van der Waals surface area (Å²) >= 11 is 0. The zero-order valence-corrected chi connectivity index (χ0v) is 8.11. The van der Waals surface area contributed by atoms with Crippen LogP contribution in [0.15, 0.2) is 29.2 Å². The SMILES string of the molecule is O=C1c2[nH]c(=O)c3cccn3c2C=CC1F. The molecule has 0 amide bonds. The number of carbonyl (C=O) groups excluding carboxylic acids is 1. The molecule has 1 aliphatic carbocycles. The van der Waals surface area contributed by atoms with Crippen LogP contribution in [-0.2, 0) is 0 Å². The van der Waals surface area contributed by atoms with Crippen LogP contribution in [0.5, 0.6) is 0 Å². The average molecular weight is 218 g/mol. The summed E-state index contributed by atoms with van der Waals surface area (Å²) in [7, 11) is 0. The number of hydrogen-bond acceptors (Lipinski definition) is 2. The third-order valence-corrected chi connectivity index (χ3v) is 2.66. The minimum atomic E-state index is -1.67. The Morgan fingerprint density at radius 1 is 1.38 bits per heavy atom. The minimum Gasteiger partial charge on any atom is -0.316 e. The molecule has 0 radical (unpaired) electrons. The topological polar surface area (TPSA) is 54.3 Å². The number of Topliss-reactive ketones (excluding diaryl/α,β-unsaturated/α-hetero) is 1. The normalized spacial score (nSPS) is 19.1. The second-order valence-corrected chi connectivity index (χ2v) is 3.60. The fourth-order valence-corrected chi connectivity index (χ4v) is 1.89. The number of hydrogen-bond donors (Lipinski definition) is 1. The van der Waals surface area contributed by atoms with Crippen molar-refractivity contribution >= 4 is 17.4 Å². The fourth-order valence-electron chi connectivity index (χ4n) is 1.89. The minimum absolute atomic E-state index is 0.0312. The number of carbonyl (C=O) groups is 1. The molecule has 5 heteroatoms. The summed E-state index contributed by atoms with van der Waals surface area (Å²) in [6.07, 6.45) is 2.68. The quantitative estimate of drug-likeness (QED) is 0.721. The molecule has 0 aromatic carbocycles. The van der Waals surface area contributed by atoms with Gasteiger partial charge in [0.25, 0.3) is 5.56 Å². The van der Waals surface area contributed by atoms with Gasteiger partial charge in [0.15, 0.2) is 6.17 Å². The smallest absolute Gasteiger partial charge is 0.272 e. The lowest BCUT2D eigenvalue weighted by molar-refractivity contribution is 0.0905. The maximum absolute atomic E-state index is 13.1. The third kappa shape index (κ3) is 1.02. The fraction of sp³-hybridized carbons (Fsp3) is 0.0909. The first-order chi connectivity index (χ1) is 7.68. The standard InChI is InChI=1S/C11H7FN2O2/c12-6-3-4-7-9(10(6)15)13-11(16)8-2-1-5-14(7)8/h1-6H,(H,13,16). The number of H-pyrrole nitrogens is 1. The Morgan fingerprint density at radius 3 is 3.00 bits per heavy atom. The largest absolute Gasteiger partial charge is 0.316 e. The van der Waals surface area contributed by atoms with Crippen molar-refractivity contribution in [3.8, 4) is 0 Å². The summed E-state index contributed by atoms with van der Waals surface area (Å²) in [5, 5.41) is 0. The van der Waals surface area contributed by atoms with Crippen LogP contribution in [0.1, 0.15) is 16.2 Å². The molecule has 1 N–H and O–H groups in total. The van der Waals surface area contributed by atoms with Gasteiger partial charge >= 0.3 is 0 Å². The van der Waals surface area contributed by atoms with Crippen LogP contribution in [-0.4, -0.2) is 21.3 Å². The number of rotatable bonds is 0. The number of nitrogens with zero attached hydrogens (tertiary/aromatic N) is 1. The van der Waals surface area contributed by atoms with Crippen LogP contribution in [0.25, 0.3) is 11.6 Å². The van der Waals surface area contributed by atoms with E-state index in [-0.39, 0.29) is 11.3 Å². The molecule has 16 heavy (non-hydrogen) atoms. The average Bonchev–Trinajstić information content (AvgIpc) is 2.74. The maximum Gasteiger partial charge on any atom is 0.272 e. The lowest BCUT2D eigenvalue weighted by atomic mass is 10.0. The Bertz CT molecular complexity index is 681. The van der Waals surface area contributed by atoms with Gasteiger partial charge in [-0.15, -0.1) is 0 Å². The van der Waals surface area contributed by atoms with Crippen LogP contribution < -0.4 is 5.56 Å². The van der Waals surface area contributed by atoms with Gasteiger partial charge < -0.3 is 9.38 Å². The third-order valence-electron chi connectivity index (χ3n) is 2.66. The number of aromatic amines is 1. The first-order valence-corrected chi connectivity index (χ1v) is 4.78. The molecular weight excluding hydrogens is 211 g/mol.